The normalized spacial score (nSPS) is 14.4. The quantitative estimate of drug-likeness (QED) is 0.648. The molecular formula is C17H17BrClNS. The van der Waals surface area contributed by atoms with Gasteiger partial charge in [-0.25, -0.2) is 0 Å². The van der Waals surface area contributed by atoms with Gasteiger partial charge in [-0.05, 0) is 64.2 Å². The van der Waals surface area contributed by atoms with E-state index in [4.69, 9.17) is 11.6 Å². The zero-order chi connectivity index (χ0) is 14.7. The number of hydrogen-bond donors (Lipinski definition) is 1. The zero-order valence-corrected chi connectivity index (χ0v) is 14.8. The Balaban J connectivity index is 1.58. The number of thioether (sulfide) groups is 1. The second-order valence-corrected chi connectivity index (χ2v) is 7.64. The van der Waals surface area contributed by atoms with Crippen LogP contribution in [0, 0.1) is 0 Å². The first-order chi connectivity index (χ1) is 10.2. The molecule has 1 fully saturated rings. The van der Waals surface area contributed by atoms with E-state index in [-0.39, 0.29) is 0 Å². The average molecular weight is 383 g/mol. The summed E-state index contributed by atoms with van der Waals surface area (Å²) in [6, 6.07) is 15.4. The molecule has 0 atom stereocenters. The first-order valence-electron chi connectivity index (χ1n) is 7.10. The Kier molecular flexibility index (Phi) is 5.28. The van der Waals surface area contributed by atoms with Gasteiger partial charge in [-0.2, -0.15) is 0 Å². The minimum absolute atomic E-state index is 0.753. The fourth-order valence-corrected chi connectivity index (χ4v) is 3.83. The molecular weight excluding hydrogens is 366 g/mol. The van der Waals surface area contributed by atoms with Gasteiger partial charge in [0.1, 0.15) is 0 Å². The van der Waals surface area contributed by atoms with E-state index in [0.717, 1.165) is 23.4 Å². The number of halogens is 2. The summed E-state index contributed by atoms with van der Waals surface area (Å²) in [6.45, 7) is 0.964. The van der Waals surface area contributed by atoms with Crippen LogP contribution in [0.3, 0.4) is 0 Å². The third-order valence-corrected chi connectivity index (χ3v) is 5.79. The lowest BCUT2D eigenvalue weighted by Crippen LogP contribution is -2.15. The number of benzene rings is 2. The van der Waals surface area contributed by atoms with E-state index in [1.165, 1.54) is 33.3 Å². The van der Waals surface area contributed by atoms with Crippen LogP contribution in [0.5, 0.6) is 0 Å². The minimum Gasteiger partial charge on any atom is -0.310 e. The van der Waals surface area contributed by atoms with Gasteiger partial charge < -0.3 is 5.32 Å². The molecule has 2 aromatic rings. The monoisotopic (exact) mass is 381 g/mol. The molecule has 1 nitrogen and oxygen atoms in total. The van der Waals surface area contributed by atoms with Crippen LogP contribution in [0.25, 0.3) is 0 Å². The lowest BCUT2D eigenvalue weighted by molar-refractivity contribution is 0.687. The summed E-state index contributed by atoms with van der Waals surface area (Å²) in [7, 11) is 0. The van der Waals surface area contributed by atoms with Crippen molar-refractivity contribution in [3.63, 3.8) is 0 Å². The average Bonchev–Trinajstić information content (AvgIpc) is 3.30. The fraction of sp³-hybridized carbons (Fsp3) is 0.294. The molecule has 110 valence electrons. The maximum absolute atomic E-state index is 5.91. The second kappa shape index (κ2) is 7.19. The van der Waals surface area contributed by atoms with Gasteiger partial charge in [-0.1, -0.05) is 29.8 Å². The predicted molar refractivity (Wildman–Crippen MR) is 95.0 cm³/mol. The van der Waals surface area contributed by atoms with Crippen molar-refractivity contribution in [2.45, 2.75) is 36.1 Å². The molecule has 1 aliphatic rings. The van der Waals surface area contributed by atoms with Crippen molar-refractivity contribution in [3.8, 4) is 0 Å². The largest absolute Gasteiger partial charge is 0.310 e. The van der Waals surface area contributed by atoms with Crippen LogP contribution in [0.4, 0.5) is 0 Å². The molecule has 0 radical (unpaired) electrons. The Bertz CT molecular complexity index is 611. The SMILES string of the molecule is Clc1ccc(CSc2ccc(CNC3CC3)cc2Br)cc1. The second-order valence-electron chi connectivity index (χ2n) is 5.34. The Hall–Kier alpha value is -0.480. The Morgan fingerprint density at radius 3 is 2.48 bits per heavy atom. The van der Waals surface area contributed by atoms with Gasteiger partial charge in [-0.15, -0.1) is 11.8 Å². The first-order valence-corrected chi connectivity index (χ1v) is 9.25. The zero-order valence-electron chi connectivity index (χ0n) is 11.6. The maximum atomic E-state index is 5.91. The molecule has 0 amide bonds. The Morgan fingerprint density at radius 2 is 1.81 bits per heavy atom. The predicted octanol–water partition coefficient (Wildman–Crippen LogP) is 5.65. The summed E-state index contributed by atoms with van der Waals surface area (Å²) in [5.41, 5.74) is 2.63. The molecule has 1 saturated carbocycles. The van der Waals surface area contributed by atoms with Crippen molar-refractivity contribution in [2.24, 2.45) is 0 Å². The van der Waals surface area contributed by atoms with Crippen molar-refractivity contribution in [3.05, 3.63) is 63.1 Å². The number of nitrogens with one attached hydrogen (secondary N) is 1. The topological polar surface area (TPSA) is 12.0 Å². The smallest absolute Gasteiger partial charge is 0.0406 e. The maximum Gasteiger partial charge on any atom is 0.0406 e. The van der Waals surface area contributed by atoms with Gasteiger partial charge in [-0.3, -0.25) is 0 Å². The van der Waals surface area contributed by atoms with Crippen LogP contribution < -0.4 is 5.32 Å². The van der Waals surface area contributed by atoms with E-state index in [2.05, 4.69) is 51.6 Å². The van der Waals surface area contributed by atoms with Crippen molar-refractivity contribution in [1.82, 2.24) is 5.32 Å². The summed E-state index contributed by atoms with van der Waals surface area (Å²) in [5, 5.41) is 4.33. The van der Waals surface area contributed by atoms with Gasteiger partial charge in [0, 0.05) is 32.7 Å². The third-order valence-electron chi connectivity index (χ3n) is 3.48. The molecule has 1 N–H and O–H groups in total. The molecule has 0 spiro atoms. The minimum atomic E-state index is 0.753. The van der Waals surface area contributed by atoms with E-state index in [1.54, 1.807) is 0 Å². The molecule has 3 rings (SSSR count). The molecule has 0 bridgehead atoms. The van der Waals surface area contributed by atoms with Gasteiger partial charge in [0.2, 0.25) is 0 Å². The van der Waals surface area contributed by atoms with E-state index >= 15 is 0 Å². The van der Waals surface area contributed by atoms with E-state index in [0.29, 0.717) is 0 Å². The molecule has 0 aliphatic heterocycles. The highest BCUT2D eigenvalue weighted by Gasteiger charge is 2.19. The third kappa shape index (κ3) is 4.75. The molecule has 1 aliphatic carbocycles. The van der Waals surface area contributed by atoms with Gasteiger partial charge in [0.25, 0.3) is 0 Å². The van der Waals surface area contributed by atoms with Crippen molar-refractivity contribution in [1.29, 1.82) is 0 Å². The Morgan fingerprint density at radius 1 is 1.10 bits per heavy atom. The highest BCUT2D eigenvalue weighted by atomic mass is 79.9. The molecule has 2 aromatic carbocycles. The van der Waals surface area contributed by atoms with Crippen LogP contribution in [0.2, 0.25) is 5.02 Å². The molecule has 21 heavy (non-hydrogen) atoms. The summed E-state index contributed by atoms with van der Waals surface area (Å²) in [5.74, 6) is 0.954. The van der Waals surface area contributed by atoms with E-state index in [9.17, 15) is 0 Å². The van der Waals surface area contributed by atoms with Crippen LogP contribution in [-0.4, -0.2) is 6.04 Å². The highest BCUT2D eigenvalue weighted by molar-refractivity contribution is 9.10. The lowest BCUT2D eigenvalue weighted by Gasteiger charge is -2.08. The summed E-state index contributed by atoms with van der Waals surface area (Å²) in [6.07, 6.45) is 2.66. The summed E-state index contributed by atoms with van der Waals surface area (Å²) < 4.78 is 1.18. The van der Waals surface area contributed by atoms with Gasteiger partial charge >= 0.3 is 0 Å². The first kappa shape index (κ1) is 15.4. The van der Waals surface area contributed by atoms with Crippen LogP contribution >= 0.6 is 39.3 Å². The van der Waals surface area contributed by atoms with E-state index < -0.39 is 0 Å². The molecule has 0 heterocycles. The van der Waals surface area contributed by atoms with Gasteiger partial charge in [0.05, 0.1) is 0 Å². The fourth-order valence-electron chi connectivity index (χ4n) is 2.06. The van der Waals surface area contributed by atoms with Crippen molar-refractivity contribution in [2.75, 3.05) is 0 Å². The van der Waals surface area contributed by atoms with Crippen LogP contribution in [0.15, 0.2) is 51.8 Å². The number of hydrogen-bond acceptors (Lipinski definition) is 2. The Labute approximate surface area is 143 Å². The van der Waals surface area contributed by atoms with Crippen LogP contribution in [0.1, 0.15) is 24.0 Å². The standard InChI is InChI=1S/C17H17BrClNS/c18-16-9-13(10-20-15-6-7-15)3-8-17(16)21-11-12-1-4-14(19)5-2-12/h1-5,8-9,15,20H,6-7,10-11H2. The molecule has 0 unspecified atom stereocenters. The van der Waals surface area contributed by atoms with Crippen molar-refractivity contribution >= 4 is 39.3 Å². The summed E-state index contributed by atoms with van der Waals surface area (Å²) in [4.78, 5) is 1.28. The van der Waals surface area contributed by atoms with E-state index in [1.807, 2.05) is 23.9 Å². The van der Waals surface area contributed by atoms with Crippen molar-refractivity contribution < 1.29 is 0 Å². The number of rotatable bonds is 6. The highest BCUT2D eigenvalue weighted by Crippen LogP contribution is 2.31. The summed E-state index contributed by atoms with van der Waals surface area (Å²) >= 11 is 11.4. The molecule has 4 heteroatoms. The lowest BCUT2D eigenvalue weighted by atomic mass is 10.2. The van der Waals surface area contributed by atoms with Gasteiger partial charge in [0.15, 0.2) is 0 Å². The van der Waals surface area contributed by atoms with Crippen LogP contribution in [-0.2, 0) is 12.3 Å². The molecule has 0 aromatic heterocycles. The molecule has 0 saturated heterocycles.